The summed E-state index contributed by atoms with van der Waals surface area (Å²) in [5.41, 5.74) is 3.13. The number of carbonyl (C=O) groups is 1. The zero-order valence-corrected chi connectivity index (χ0v) is 21.8. The number of rotatable bonds is 9. The summed E-state index contributed by atoms with van der Waals surface area (Å²) >= 11 is 0. The third-order valence-corrected chi connectivity index (χ3v) is 7.79. The van der Waals surface area contributed by atoms with Crippen LogP contribution in [0.4, 0.5) is 11.8 Å². The van der Waals surface area contributed by atoms with Gasteiger partial charge in [-0.2, -0.15) is 9.97 Å². The van der Waals surface area contributed by atoms with Crippen molar-refractivity contribution in [3.8, 4) is 0 Å². The summed E-state index contributed by atoms with van der Waals surface area (Å²) in [5.74, 6) is 0.876. The van der Waals surface area contributed by atoms with Crippen LogP contribution in [0.3, 0.4) is 0 Å². The molecule has 2 aliphatic heterocycles. The second-order valence-electron chi connectivity index (χ2n) is 10.2. The third-order valence-electron chi connectivity index (χ3n) is 7.79. The van der Waals surface area contributed by atoms with Crippen LogP contribution in [0.25, 0.3) is 11.2 Å². The molecule has 4 aromatic rings. The minimum absolute atomic E-state index is 0.0212. The lowest BCUT2D eigenvalue weighted by Gasteiger charge is -2.23. The Morgan fingerprint density at radius 1 is 1.02 bits per heavy atom. The number of hydrogen-bond donors (Lipinski definition) is 4. The van der Waals surface area contributed by atoms with Gasteiger partial charge in [0.25, 0.3) is 0 Å². The third kappa shape index (κ3) is 4.81. The molecule has 11 heteroatoms. The van der Waals surface area contributed by atoms with Crippen LogP contribution >= 0.6 is 0 Å². The lowest BCUT2D eigenvalue weighted by atomic mass is 9.91. The van der Waals surface area contributed by atoms with Gasteiger partial charge in [-0.1, -0.05) is 60.7 Å². The second-order valence-corrected chi connectivity index (χ2v) is 10.2. The summed E-state index contributed by atoms with van der Waals surface area (Å²) in [7, 11) is 0. The summed E-state index contributed by atoms with van der Waals surface area (Å²) < 4.78 is 7.32. The van der Waals surface area contributed by atoms with E-state index in [1.54, 1.807) is 4.57 Å². The molecule has 0 radical (unpaired) electrons. The van der Waals surface area contributed by atoms with Gasteiger partial charge in [0.05, 0.1) is 19.0 Å². The SMILES string of the molecule is O=C[C@@H]1CCCN1c1nc(NCC(c2ccccc2)c2ccccc2)c2ncn([C@@H]3O[C@H](CO)[C@@H](O)[C@H]3O)c2n1. The molecule has 4 N–H and O–H groups in total. The maximum absolute atomic E-state index is 11.8. The van der Waals surface area contributed by atoms with Gasteiger partial charge in [-0.3, -0.25) is 4.57 Å². The number of anilines is 2. The Morgan fingerprint density at radius 2 is 1.73 bits per heavy atom. The summed E-state index contributed by atoms with van der Waals surface area (Å²) in [5, 5.41) is 34.1. The molecule has 11 nitrogen and oxygen atoms in total. The van der Waals surface area contributed by atoms with Crippen molar-refractivity contribution in [3.05, 3.63) is 78.1 Å². The van der Waals surface area contributed by atoms with Crippen molar-refractivity contribution in [2.75, 3.05) is 29.9 Å². The normalized spacial score (nSPS) is 24.7. The number of fused-ring (bicyclic) bond motifs is 1. The number of aliphatic hydroxyl groups excluding tert-OH is 3. The zero-order chi connectivity index (χ0) is 27.6. The van der Waals surface area contributed by atoms with Crippen LogP contribution in [-0.2, 0) is 9.53 Å². The van der Waals surface area contributed by atoms with Gasteiger partial charge in [0.1, 0.15) is 24.6 Å². The first-order valence-corrected chi connectivity index (χ1v) is 13.5. The van der Waals surface area contributed by atoms with Crippen LogP contribution < -0.4 is 10.2 Å². The van der Waals surface area contributed by atoms with Crippen LogP contribution in [0, 0.1) is 0 Å². The molecule has 40 heavy (non-hydrogen) atoms. The summed E-state index contributed by atoms with van der Waals surface area (Å²) in [6.07, 6.45) is -0.542. The minimum atomic E-state index is -1.29. The van der Waals surface area contributed by atoms with E-state index in [4.69, 9.17) is 14.7 Å². The average Bonchev–Trinajstić information content (AvgIpc) is 3.72. The van der Waals surface area contributed by atoms with E-state index in [9.17, 15) is 20.1 Å². The molecule has 2 aromatic carbocycles. The molecule has 2 aromatic heterocycles. The molecule has 208 valence electrons. The number of aliphatic hydroxyl groups is 3. The van der Waals surface area contributed by atoms with E-state index in [2.05, 4.69) is 34.6 Å². The van der Waals surface area contributed by atoms with Crippen molar-refractivity contribution in [1.29, 1.82) is 0 Å². The van der Waals surface area contributed by atoms with E-state index in [0.29, 0.717) is 42.4 Å². The molecule has 0 bridgehead atoms. The van der Waals surface area contributed by atoms with Gasteiger partial charge >= 0.3 is 0 Å². The number of nitrogens with zero attached hydrogens (tertiary/aromatic N) is 5. The predicted molar refractivity (Wildman–Crippen MR) is 148 cm³/mol. The number of aldehydes is 1. The van der Waals surface area contributed by atoms with Crippen LogP contribution in [0.1, 0.15) is 36.1 Å². The maximum Gasteiger partial charge on any atom is 0.230 e. The molecule has 0 spiro atoms. The van der Waals surface area contributed by atoms with Gasteiger partial charge in [0.15, 0.2) is 23.2 Å². The summed E-state index contributed by atoms with van der Waals surface area (Å²) in [6, 6.07) is 20.1. The summed E-state index contributed by atoms with van der Waals surface area (Å²) in [6.45, 7) is 0.702. The highest BCUT2D eigenvalue weighted by molar-refractivity contribution is 5.85. The Labute approximate surface area is 231 Å². The van der Waals surface area contributed by atoms with Crippen molar-refractivity contribution < 1.29 is 24.9 Å². The molecule has 0 amide bonds. The van der Waals surface area contributed by atoms with Crippen molar-refractivity contribution in [2.45, 2.75) is 49.3 Å². The first-order chi connectivity index (χ1) is 19.6. The fraction of sp³-hybridized carbons (Fsp3) is 0.379. The number of benzene rings is 2. The van der Waals surface area contributed by atoms with Crippen LogP contribution in [0.2, 0.25) is 0 Å². The first-order valence-electron chi connectivity index (χ1n) is 13.5. The van der Waals surface area contributed by atoms with Crippen molar-refractivity contribution in [3.63, 3.8) is 0 Å². The molecule has 4 heterocycles. The van der Waals surface area contributed by atoms with Crippen molar-refractivity contribution in [2.24, 2.45) is 0 Å². The largest absolute Gasteiger partial charge is 0.394 e. The highest BCUT2D eigenvalue weighted by Crippen LogP contribution is 2.34. The second kappa shape index (κ2) is 11.3. The van der Waals surface area contributed by atoms with Crippen LogP contribution in [-0.4, -0.2) is 85.2 Å². The Morgan fingerprint density at radius 3 is 2.35 bits per heavy atom. The molecule has 0 saturated carbocycles. The van der Waals surface area contributed by atoms with Gasteiger partial charge in [0.2, 0.25) is 5.95 Å². The molecule has 0 aliphatic carbocycles. The first kappa shape index (κ1) is 26.3. The van der Waals surface area contributed by atoms with E-state index >= 15 is 0 Å². The van der Waals surface area contributed by atoms with Gasteiger partial charge in [0, 0.05) is 19.0 Å². The lowest BCUT2D eigenvalue weighted by Crippen LogP contribution is -2.33. The monoisotopic (exact) mass is 544 g/mol. The number of imidazole rings is 1. The minimum Gasteiger partial charge on any atom is -0.394 e. The van der Waals surface area contributed by atoms with Gasteiger partial charge in [-0.25, -0.2) is 4.98 Å². The highest BCUT2D eigenvalue weighted by Gasteiger charge is 2.44. The summed E-state index contributed by atoms with van der Waals surface area (Å²) in [4.78, 5) is 27.8. The molecule has 2 aliphatic rings. The van der Waals surface area contributed by atoms with Gasteiger partial charge in [-0.05, 0) is 24.0 Å². The number of aromatic nitrogens is 4. The Balaban J connectivity index is 1.40. The van der Waals surface area contributed by atoms with Crippen molar-refractivity contribution in [1.82, 2.24) is 19.5 Å². The zero-order valence-electron chi connectivity index (χ0n) is 21.8. The molecule has 6 rings (SSSR count). The van der Waals surface area contributed by atoms with Crippen LogP contribution in [0.5, 0.6) is 0 Å². The Kier molecular flexibility index (Phi) is 7.44. The topological polar surface area (TPSA) is 146 Å². The standard InChI is InChI=1S/C29H32N6O5/c36-15-20-12-7-13-34(20)29-32-26(30-14-21(18-8-3-1-4-9-18)19-10-5-2-6-11-19)23-27(33-29)35(17-31-23)28-25(39)24(38)22(16-37)40-28/h1-6,8-11,15,17,20-22,24-25,28,37-39H,7,12-14,16H2,(H,30,32,33)/t20-,22+,24+,25+,28+/m0/s1. The molecule has 2 saturated heterocycles. The molecule has 5 atom stereocenters. The average molecular weight is 545 g/mol. The van der Waals surface area contributed by atoms with E-state index in [1.165, 1.54) is 6.33 Å². The Hall–Kier alpha value is -3.90. The van der Waals surface area contributed by atoms with E-state index in [-0.39, 0.29) is 12.0 Å². The lowest BCUT2D eigenvalue weighted by molar-refractivity contribution is -0.108. The smallest absolute Gasteiger partial charge is 0.230 e. The highest BCUT2D eigenvalue weighted by atomic mass is 16.6. The van der Waals surface area contributed by atoms with Gasteiger partial charge < -0.3 is 35.1 Å². The molecular weight excluding hydrogens is 512 g/mol. The number of carbonyl (C=O) groups excluding carboxylic acids is 1. The van der Waals surface area contributed by atoms with Gasteiger partial charge in [-0.15, -0.1) is 0 Å². The molecule has 0 unspecified atom stereocenters. The molecule has 2 fully saturated rings. The number of hydrogen-bond acceptors (Lipinski definition) is 10. The van der Waals surface area contributed by atoms with E-state index < -0.39 is 31.1 Å². The molecular formula is C29H32N6O5. The van der Waals surface area contributed by atoms with E-state index in [0.717, 1.165) is 23.8 Å². The van der Waals surface area contributed by atoms with Crippen LogP contribution in [0.15, 0.2) is 67.0 Å². The Bertz CT molecular complexity index is 1410. The van der Waals surface area contributed by atoms with E-state index in [1.807, 2.05) is 41.3 Å². The fourth-order valence-corrected chi connectivity index (χ4v) is 5.63. The predicted octanol–water partition coefficient (Wildman–Crippen LogP) is 1.85. The van der Waals surface area contributed by atoms with Crippen molar-refractivity contribution >= 4 is 29.2 Å². The quantitative estimate of drug-likeness (QED) is 0.230. The number of nitrogens with one attached hydrogen (secondary N) is 1. The maximum atomic E-state index is 11.8. The fourth-order valence-electron chi connectivity index (χ4n) is 5.63. The number of ether oxygens (including phenoxy) is 1.